The van der Waals surface area contributed by atoms with Crippen LogP contribution in [0.3, 0.4) is 0 Å². The van der Waals surface area contributed by atoms with Gasteiger partial charge in [-0.05, 0) is 49.6 Å². The number of rotatable bonds is 6. The maximum Gasteiger partial charge on any atom is 0.225 e. The summed E-state index contributed by atoms with van der Waals surface area (Å²) in [6.07, 6.45) is 2.82. The molecular weight excluding hydrogens is 264 g/mol. The molecule has 0 unspecified atom stereocenters. The maximum absolute atomic E-state index is 11.8. The Bertz CT molecular complexity index is 594. The molecule has 0 radical (unpaired) electrons. The van der Waals surface area contributed by atoms with E-state index < -0.39 is 0 Å². The van der Waals surface area contributed by atoms with E-state index in [0.29, 0.717) is 25.3 Å². The smallest absolute Gasteiger partial charge is 0.225 e. The number of anilines is 1. The molecule has 4 heteroatoms. The minimum Gasteiger partial charge on any atom is -0.494 e. The van der Waals surface area contributed by atoms with Gasteiger partial charge in [-0.15, -0.1) is 0 Å². The Morgan fingerprint density at radius 1 is 1.19 bits per heavy atom. The van der Waals surface area contributed by atoms with Gasteiger partial charge in [-0.25, -0.2) is 4.98 Å². The van der Waals surface area contributed by atoms with Crippen molar-refractivity contribution in [1.82, 2.24) is 4.98 Å². The van der Waals surface area contributed by atoms with Crippen LogP contribution in [0.25, 0.3) is 0 Å². The van der Waals surface area contributed by atoms with Crippen LogP contribution < -0.4 is 10.1 Å². The average molecular weight is 284 g/mol. The third kappa shape index (κ3) is 5.26. The number of aryl methyl sites for hydroxylation is 2. The summed E-state index contributed by atoms with van der Waals surface area (Å²) in [5.41, 5.74) is 2.23. The van der Waals surface area contributed by atoms with Crippen molar-refractivity contribution in [1.29, 1.82) is 0 Å². The molecule has 4 nitrogen and oxygen atoms in total. The fourth-order valence-corrected chi connectivity index (χ4v) is 1.87. The minimum absolute atomic E-state index is 0.0424. The number of nitrogens with zero attached hydrogens (tertiary/aromatic N) is 1. The molecule has 0 spiro atoms. The first-order valence-corrected chi connectivity index (χ1v) is 7.05. The number of amides is 1. The summed E-state index contributed by atoms with van der Waals surface area (Å²) in [4.78, 5) is 15.9. The maximum atomic E-state index is 11.8. The molecule has 110 valence electrons. The van der Waals surface area contributed by atoms with Gasteiger partial charge in [0, 0.05) is 12.6 Å². The quantitative estimate of drug-likeness (QED) is 0.826. The molecule has 0 aliphatic rings. The molecule has 0 atom stereocenters. The number of pyridine rings is 1. The van der Waals surface area contributed by atoms with E-state index in [1.54, 1.807) is 12.3 Å². The van der Waals surface area contributed by atoms with Crippen molar-refractivity contribution in [3.63, 3.8) is 0 Å². The van der Waals surface area contributed by atoms with Crippen molar-refractivity contribution in [2.45, 2.75) is 26.7 Å². The molecule has 0 bridgehead atoms. The van der Waals surface area contributed by atoms with Crippen molar-refractivity contribution < 1.29 is 9.53 Å². The number of carbonyl (C=O) groups is 1. The third-order valence-corrected chi connectivity index (χ3v) is 2.99. The third-order valence-electron chi connectivity index (χ3n) is 2.99. The number of hydrogen-bond acceptors (Lipinski definition) is 3. The average Bonchev–Trinajstić information content (AvgIpc) is 2.46. The largest absolute Gasteiger partial charge is 0.494 e. The van der Waals surface area contributed by atoms with Gasteiger partial charge in [-0.2, -0.15) is 0 Å². The molecule has 1 amide bonds. The fraction of sp³-hybridized carbons (Fsp3) is 0.294. The SMILES string of the molecule is Cc1ccc(NC(=O)CCCOc2cccc(C)c2)nc1. The van der Waals surface area contributed by atoms with Gasteiger partial charge in [-0.1, -0.05) is 18.2 Å². The van der Waals surface area contributed by atoms with Gasteiger partial charge in [0.2, 0.25) is 5.91 Å². The Labute approximate surface area is 125 Å². The van der Waals surface area contributed by atoms with Crippen molar-refractivity contribution in [3.8, 4) is 5.75 Å². The van der Waals surface area contributed by atoms with Crippen molar-refractivity contribution in [3.05, 3.63) is 53.7 Å². The summed E-state index contributed by atoms with van der Waals surface area (Å²) in [5.74, 6) is 1.39. The molecule has 0 fully saturated rings. The lowest BCUT2D eigenvalue weighted by Gasteiger charge is -2.07. The van der Waals surface area contributed by atoms with Crippen LogP contribution in [0.1, 0.15) is 24.0 Å². The molecule has 0 saturated heterocycles. The highest BCUT2D eigenvalue weighted by molar-refractivity contribution is 5.89. The molecule has 1 aromatic heterocycles. The zero-order chi connectivity index (χ0) is 15.1. The molecule has 2 rings (SSSR count). The topological polar surface area (TPSA) is 51.2 Å². The number of benzene rings is 1. The normalized spacial score (nSPS) is 10.2. The van der Waals surface area contributed by atoms with E-state index >= 15 is 0 Å². The van der Waals surface area contributed by atoms with Crippen LogP contribution in [0.5, 0.6) is 5.75 Å². The first-order chi connectivity index (χ1) is 10.1. The van der Waals surface area contributed by atoms with Gasteiger partial charge in [0.25, 0.3) is 0 Å². The van der Waals surface area contributed by atoms with Crippen LogP contribution in [0, 0.1) is 13.8 Å². The van der Waals surface area contributed by atoms with Gasteiger partial charge < -0.3 is 10.1 Å². The van der Waals surface area contributed by atoms with Gasteiger partial charge >= 0.3 is 0 Å². The highest BCUT2D eigenvalue weighted by Gasteiger charge is 2.03. The van der Waals surface area contributed by atoms with E-state index in [1.807, 2.05) is 44.2 Å². The summed E-state index contributed by atoms with van der Waals surface area (Å²) in [5, 5.41) is 2.77. The summed E-state index contributed by atoms with van der Waals surface area (Å²) < 4.78 is 5.61. The Morgan fingerprint density at radius 3 is 2.76 bits per heavy atom. The zero-order valence-corrected chi connectivity index (χ0v) is 12.4. The summed E-state index contributed by atoms with van der Waals surface area (Å²) in [7, 11) is 0. The zero-order valence-electron chi connectivity index (χ0n) is 12.4. The van der Waals surface area contributed by atoms with E-state index in [-0.39, 0.29) is 5.91 Å². The Balaban J connectivity index is 1.68. The molecule has 1 heterocycles. The van der Waals surface area contributed by atoms with Crippen LogP contribution in [0.4, 0.5) is 5.82 Å². The molecule has 0 aliphatic heterocycles. The van der Waals surface area contributed by atoms with E-state index in [0.717, 1.165) is 16.9 Å². The predicted octanol–water partition coefficient (Wildman–Crippen LogP) is 3.50. The highest BCUT2D eigenvalue weighted by Crippen LogP contribution is 2.13. The number of carbonyl (C=O) groups excluding carboxylic acids is 1. The first-order valence-electron chi connectivity index (χ1n) is 7.05. The lowest BCUT2D eigenvalue weighted by Crippen LogP contribution is -2.13. The molecule has 1 N–H and O–H groups in total. The van der Waals surface area contributed by atoms with Gasteiger partial charge in [-0.3, -0.25) is 4.79 Å². The molecular formula is C17H20N2O2. The second kappa shape index (κ2) is 7.43. The Kier molecular flexibility index (Phi) is 5.32. The van der Waals surface area contributed by atoms with Gasteiger partial charge in [0.1, 0.15) is 11.6 Å². The lowest BCUT2D eigenvalue weighted by atomic mass is 10.2. The van der Waals surface area contributed by atoms with Crippen molar-refractivity contribution >= 4 is 11.7 Å². The molecule has 0 aliphatic carbocycles. The number of nitrogens with one attached hydrogen (secondary N) is 1. The standard InChI is InChI=1S/C17H20N2O2/c1-13-5-3-6-15(11-13)21-10-4-7-17(20)19-16-9-8-14(2)12-18-16/h3,5-6,8-9,11-12H,4,7,10H2,1-2H3,(H,18,19,20). The molecule has 21 heavy (non-hydrogen) atoms. The minimum atomic E-state index is -0.0424. The van der Waals surface area contributed by atoms with Crippen LogP contribution in [-0.2, 0) is 4.79 Å². The first kappa shape index (κ1) is 15.0. The van der Waals surface area contributed by atoms with E-state index in [4.69, 9.17) is 4.74 Å². The van der Waals surface area contributed by atoms with Crippen molar-refractivity contribution in [2.24, 2.45) is 0 Å². The number of aromatic nitrogens is 1. The van der Waals surface area contributed by atoms with Gasteiger partial charge in [0.15, 0.2) is 0 Å². The second-order valence-corrected chi connectivity index (χ2v) is 5.04. The molecule has 1 aromatic carbocycles. The van der Waals surface area contributed by atoms with E-state index in [1.165, 1.54) is 0 Å². The van der Waals surface area contributed by atoms with Crippen molar-refractivity contribution in [2.75, 3.05) is 11.9 Å². The summed E-state index contributed by atoms with van der Waals surface area (Å²) >= 11 is 0. The number of hydrogen-bond donors (Lipinski definition) is 1. The van der Waals surface area contributed by atoms with Crippen LogP contribution >= 0.6 is 0 Å². The fourth-order valence-electron chi connectivity index (χ4n) is 1.87. The monoisotopic (exact) mass is 284 g/mol. The van der Waals surface area contributed by atoms with Crippen LogP contribution in [-0.4, -0.2) is 17.5 Å². The Morgan fingerprint density at radius 2 is 2.05 bits per heavy atom. The summed E-state index contributed by atoms with van der Waals surface area (Å²) in [6.45, 7) is 4.51. The van der Waals surface area contributed by atoms with Gasteiger partial charge in [0.05, 0.1) is 6.61 Å². The van der Waals surface area contributed by atoms with E-state index in [2.05, 4.69) is 10.3 Å². The highest BCUT2D eigenvalue weighted by atomic mass is 16.5. The molecule has 2 aromatic rings. The molecule has 0 saturated carbocycles. The number of ether oxygens (including phenoxy) is 1. The second-order valence-electron chi connectivity index (χ2n) is 5.04. The Hall–Kier alpha value is -2.36. The van der Waals surface area contributed by atoms with Crippen LogP contribution in [0.2, 0.25) is 0 Å². The van der Waals surface area contributed by atoms with E-state index in [9.17, 15) is 4.79 Å². The van der Waals surface area contributed by atoms with Crippen LogP contribution in [0.15, 0.2) is 42.6 Å². The lowest BCUT2D eigenvalue weighted by molar-refractivity contribution is -0.116. The summed E-state index contributed by atoms with van der Waals surface area (Å²) in [6, 6.07) is 11.6. The predicted molar refractivity (Wildman–Crippen MR) is 83.5 cm³/mol.